The van der Waals surface area contributed by atoms with E-state index in [1.54, 1.807) is 39.0 Å². The molecule has 10 heteroatoms. The number of hydrogen-bond acceptors (Lipinski definition) is 6. The minimum atomic E-state index is -4.16. The second-order valence-electron chi connectivity index (χ2n) is 7.79. The Bertz CT molecular complexity index is 1580. The number of hydrogen-bond donors (Lipinski definition) is 1. The topological polar surface area (TPSA) is 107 Å². The number of benzene rings is 3. The van der Waals surface area contributed by atoms with Gasteiger partial charge in [0.2, 0.25) is 0 Å². The Morgan fingerprint density at radius 2 is 1.74 bits per heavy atom. The van der Waals surface area contributed by atoms with E-state index in [9.17, 15) is 18.0 Å². The Labute approximate surface area is 207 Å². The highest BCUT2D eigenvalue weighted by Crippen LogP contribution is 2.26. The average Bonchev–Trinajstić information content (AvgIpc) is 3.10. The second-order valence-corrected chi connectivity index (χ2v) is 9.85. The predicted octanol–water partition coefficient (Wildman–Crippen LogP) is 4.59. The summed E-state index contributed by atoms with van der Waals surface area (Å²) in [4.78, 5) is 25.6. The normalized spacial score (nSPS) is 11.4. The largest absolute Gasteiger partial charge is 0.462 e. The van der Waals surface area contributed by atoms with Crippen LogP contribution in [-0.4, -0.2) is 36.7 Å². The van der Waals surface area contributed by atoms with E-state index in [0.29, 0.717) is 22.1 Å². The predicted molar refractivity (Wildman–Crippen MR) is 133 cm³/mol. The first-order valence-corrected chi connectivity index (χ1v) is 12.6. The maximum atomic E-state index is 12.9. The minimum absolute atomic E-state index is 0.0335. The van der Waals surface area contributed by atoms with Crippen molar-refractivity contribution in [3.8, 4) is 5.69 Å². The van der Waals surface area contributed by atoms with Crippen molar-refractivity contribution in [1.29, 1.82) is 0 Å². The second kappa shape index (κ2) is 9.52. The molecule has 0 atom stereocenters. The molecule has 4 aromatic rings. The van der Waals surface area contributed by atoms with Gasteiger partial charge in [-0.3, -0.25) is 4.79 Å². The molecule has 0 fully saturated rings. The van der Waals surface area contributed by atoms with Crippen LogP contribution in [0.5, 0.6) is 0 Å². The van der Waals surface area contributed by atoms with Crippen molar-refractivity contribution in [2.24, 2.45) is 0 Å². The average molecular weight is 512 g/mol. The quantitative estimate of drug-likeness (QED) is 0.379. The summed E-state index contributed by atoms with van der Waals surface area (Å²) in [5.41, 5.74) is 1.54. The van der Waals surface area contributed by atoms with Crippen LogP contribution >= 0.6 is 11.6 Å². The first-order chi connectivity index (χ1) is 16.6. The lowest BCUT2D eigenvalue weighted by Crippen LogP contribution is -2.30. The van der Waals surface area contributed by atoms with Gasteiger partial charge in [0.25, 0.3) is 15.9 Å². The summed E-state index contributed by atoms with van der Waals surface area (Å²) in [6.07, 6.45) is 0. The number of carbonyl (C=O) groups is 2. The zero-order chi connectivity index (χ0) is 25.3. The van der Waals surface area contributed by atoms with Crippen molar-refractivity contribution < 1.29 is 22.7 Å². The molecular weight excluding hydrogens is 490 g/mol. The van der Waals surface area contributed by atoms with Gasteiger partial charge in [0.1, 0.15) is 0 Å². The van der Waals surface area contributed by atoms with Gasteiger partial charge in [-0.05, 0) is 61.9 Å². The summed E-state index contributed by atoms with van der Waals surface area (Å²) in [6.45, 7) is 5.25. The Balaban J connectivity index is 1.70. The third-order valence-electron chi connectivity index (χ3n) is 5.44. The van der Waals surface area contributed by atoms with Gasteiger partial charge in [-0.2, -0.15) is 5.10 Å². The molecule has 180 valence electrons. The van der Waals surface area contributed by atoms with Crippen molar-refractivity contribution in [2.45, 2.75) is 25.7 Å². The first-order valence-electron chi connectivity index (χ1n) is 10.7. The lowest BCUT2D eigenvalue weighted by atomic mass is 10.1. The van der Waals surface area contributed by atoms with Crippen molar-refractivity contribution in [3.05, 3.63) is 88.2 Å². The number of aromatic nitrogens is 2. The number of carbonyl (C=O) groups excluding carboxylic acids is 2. The van der Waals surface area contributed by atoms with Gasteiger partial charge in [-0.1, -0.05) is 41.9 Å². The zero-order valence-corrected chi connectivity index (χ0v) is 20.8. The minimum Gasteiger partial charge on any atom is -0.462 e. The molecule has 1 aromatic heterocycles. The Kier molecular flexibility index (Phi) is 6.64. The number of halogens is 1. The number of esters is 1. The van der Waals surface area contributed by atoms with Crippen LogP contribution in [0, 0.1) is 13.8 Å². The molecule has 0 saturated carbocycles. The summed E-state index contributed by atoms with van der Waals surface area (Å²) >= 11 is 6.26. The fourth-order valence-electron chi connectivity index (χ4n) is 3.67. The summed E-state index contributed by atoms with van der Waals surface area (Å²) in [5.74, 6) is -1.57. The highest BCUT2D eigenvalue weighted by atomic mass is 35.5. The number of ether oxygens (including phenoxy) is 1. The van der Waals surface area contributed by atoms with E-state index in [-0.39, 0.29) is 22.6 Å². The number of rotatable bonds is 6. The fourth-order valence-corrected chi connectivity index (χ4v) is 4.79. The third-order valence-corrected chi connectivity index (χ3v) is 7.32. The Morgan fingerprint density at radius 1 is 1.03 bits per heavy atom. The lowest BCUT2D eigenvalue weighted by Gasteiger charge is -2.13. The maximum Gasteiger partial charge on any atom is 0.340 e. The van der Waals surface area contributed by atoms with Crippen LogP contribution in [0.4, 0.5) is 0 Å². The molecule has 0 radical (unpaired) electrons. The van der Waals surface area contributed by atoms with Crippen LogP contribution < -0.4 is 4.72 Å². The van der Waals surface area contributed by atoms with E-state index < -0.39 is 21.9 Å². The standard InChI is InChI=1S/C25H22ClN3O5S/c1-4-34-25(31)21-14-19(10-12-22(21)29-16(3)23(26)15(2)27-29)24(30)28-35(32,33)20-11-9-17-7-5-6-8-18(17)13-20/h5-14H,4H2,1-3H3,(H,28,30). The number of fused-ring (bicyclic) bond motifs is 1. The summed E-state index contributed by atoms with van der Waals surface area (Å²) in [7, 11) is -4.16. The Hall–Kier alpha value is -3.69. The van der Waals surface area contributed by atoms with Crippen LogP contribution in [0.3, 0.4) is 0 Å². The van der Waals surface area contributed by atoms with Crippen LogP contribution in [0.2, 0.25) is 5.02 Å². The van der Waals surface area contributed by atoms with Crippen LogP contribution in [-0.2, 0) is 14.8 Å². The van der Waals surface area contributed by atoms with E-state index in [1.807, 2.05) is 12.1 Å². The van der Waals surface area contributed by atoms with Crippen LogP contribution in [0.1, 0.15) is 39.0 Å². The molecule has 3 aromatic carbocycles. The summed E-state index contributed by atoms with van der Waals surface area (Å²) in [6, 6.07) is 16.1. The number of nitrogens with zero attached hydrogens (tertiary/aromatic N) is 2. The first kappa shape index (κ1) is 24.4. The summed E-state index contributed by atoms with van der Waals surface area (Å²) in [5, 5.41) is 6.40. The van der Waals surface area contributed by atoms with Gasteiger partial charge in [-0.25, -0.2) is 22.6 Å². The van der Waals surface area contributed by atoms with Gasteiger partial charge in [-0.15, -0.1) is 0 Å². The van der Waals surface area contributed by atoms with E-state index in [0.717, 1.165) is 10.8 Å². The number of aryl methyl sites for hydroxylation is 1. The van der Waals surface area contributed by atoms with E-state index in [2.05, 4.69) is 9.82 Å². The third kappa shape index (κ3) is 4.78. The highest BCUT2D eigenvalue weighted by Gasteiger charge is 2.23. The van der Waals surface area contributed by atoms with Gasteiger partial charge in [0, 0.05) is 5.56 Å². The number of nitrogens with one attached hydrogen (secondary N) is 1. The maximum absolute atomic E-state index is 12.9. The zero-order valence-electron chi connectivity index (χ0n) is 19.2. The number of sulfonamides is 1. The Morgan fingerprint density at radius 3 is 2.40 bits per heavy atom. The van der Waals surface area contributed by atoms with E-state index in [1.165, 1.54) is 35.0 Å². The fraction of sp³-hybridized carbons (Fsp3) is 0.160. The van der Waals surface area contributed by atoms with Crippen molar-refractivity contribution in [1.82, 2.24) is 14.5 Å². The number of amides is 1. The van der Waals surface area contributed by atoms with Gasteiger partial charge < -0.3 is 4.74 Å². The molecule has 0 bridgehead atoms. The molecule has 4 rings (SSSR count). The molecule has 1 amide bonds. The van der Waals surface area contributed by atoms with Crippen molar-refractivity contribution in [3.63, 3.8) is 0 Å². The monoisotopic (exact) mass is 511 g/mol. The van der Waals surface area contributed by atoms with Crippen molar-refractivity contribution in [2.75, 3.05) is 6.61 Å². The molecule has 0 aliphatic heterocycles. The molecule has 8 nitrogen and oxygen atoms in total. The lowest BCUT2D eigenvalue weighted by molar-refractivity contribution is 0.0526. The van der Waals surface area contributed by atoms with Crippen LogP contribution in [0.15, 0.2) is 65.6 Å². The molecule has 0 aliphatic carbocycles. The SMILES string of the molecule is CCOC(=O)c1cc(C(=O)NS(=O)(=O)c2ccc3ccccc3c2)ccc1-n1nc(C)c(Cl)c1C. The molecular formula is C25H22ClN3O5S. The van der Waals surface area contributed by atoms with Gasteiger partial charge >= 0.3 is 5.97 Å². The van der Waals surface area contributed by atoms with E-state index >= 15 is 0 Å². The molecule has 0 saturated heterocycles. The van der Waals surface area contributed by atoms with Crippen molar-refractivity contribution >= 4 is 44.3 Å². The smallest absolute Gasteiger partial charge is 0.340 e. The molecule has 0 aliphatic rings. The van der Waals surface area contributed by atoms with Gasteiger partial charge in [0.05, 0.1) is 39.2 Å². The highest BCUT2D eigenvalue weighted by molar-refractivity contribution is 7.90. The molecule has 1 N–H and O–H groups in total. The van der Waals surface area contributed by atoms with Gasteiger partial charge in [0.15, 0.2) is 0 Å². The molecule has 35 heavy (non-hydrogen) atoms. The van der Waals surface area contributed by atoms with E-state index in [4.69, 9.17) is 16.3 Å². The molecule has 0 unspecified atom stereocenters. The summed E-state index contributed by atoms with van der Waals surface area (Å²) < 4.78 is 34.5. The molecule has 1 heterocycles. The molecule has 0 spiro atoms. The van der Waals surface area contributed by atoms with Crippen LogP contribution in [0.25, 0.3) is 16.5 Å².